The van der Waals surface area contributed by atoms with Gasteiger partial charge in [0.2, 0.25) is 11.8 Å². The average molecular weight is 424 g/mol. The van der Waals surface area contributed by atoms with Crippen LogP contribution in [0.3, 0.4) is 0 Å². The molecular weight excluding hydrogens is 394 g/mol. The third kappa shape index (κ3) is 3.78. The Morgan fingerprint density at radius 3 is 2.63 bits per heavy atom. The molecule has 0 atom stereocenters. The number of aryl methyl sites for hydroxylation is 1. The standard InChI is InChI=1S/C24H29N3O2S/c1-26(22(28)16-6-3-2-4-7-16)24-25-20(15-30-24)18-11-12-21-19(14-18)8-5-13-27(21)23(29)17-9-10-17/h11-12,14-17H,2-10,13H2,1H3. The number of hydrogen-bond donors (Lipinski definition) is 0. The third-order valence-electron chi connectivity index (χ3n) is 6.75. The quantitative estimate of drug-likeness (QED) is 0.692. The number of carbonyl (C=O) groups excluding carboxylic acids is 2. The van der Waals surface area contributed by atoms with Crippen molar-refractivity contribution in [3.63, 3.8) is 0 Å². The molecule has 1 aromatic carbocycles. The van der Waals surface area contributed by atoms with Gasteiger partial charge in [-0.1, -0.05) is 25.3 Å². The van der Waals surface area contributed by atoms with Gasteiger partial charge in [0.1, 0.15) is 0 Å². The lowest BCUT2D eigenvalue weighted by Gasteiger charge is -2.30. The highest BCUT2D eigenvalue weighted by Gasteiger charge is 2.35. The van der Waals surface area contributed by atoms with E-state index in [1.807, 2.05) is 17.3 Å². The Hall–Kier alpha value is -2.21. The van der Waals surface area contributed by atoms with Gasteiger partial charge < -0.3 is 4.90 Å². The first-order chi connectivity index (χ1) is 14.6. The van der Waals surface area contributed by atoms with Gasteiger partial charge in [0.05, 0.1) is 5.69 Å². The van der Waals surface area contributed by atoms with Crippen molar-refractivity contribution in [1.29, 1.82) is 0 Å². The van der Waals surface area contributed by atoms with Crippen molar-refractivity contribution in [3.8, 4) is 11.3 Å². The molecular formula is C24H29N3O2S. The van der Waals surface area contributed by atoms with Crippen LogP contribution in [0.25, 0.3) is 11.3 Å². The summed E-state index contributed by atoms with van der Waals surface area (Å²) in [6.07, 6.45) is 9.65. The van der Waals surface area contributed by atoms with Crippen LogP contribution in [0, 0.1) is 11.8 Å². The van der Waals surface area contributed by atoms with E-state index in [-0.39, 0.29) is 17.7 Å². The number of hydrogen-bond acceptors (Lipinski definition) is 4. The number of carbonyl (C=O) groups is 2. The van der Waals surface area contributed by atoms with Crippen LogP contribution in [0.5, 0.6) is 0 Å². The minimum atomic E-state index is 0.148. The number of amides is 2. The molecule has 3 aliphatic rings. The highest BCUT2D eigenvalue weighted by molar-refractivity contribution is 7.14. The van der Waals surface area contributed by atoms with Crippen LogP contribution in [-0.4, -0.2) is 30.4 Å². The fourth-order valence-electron chi connectivity index (χ4n) is 4.80. The van der Waals surface area contributed by atoms with Crippen molar-refractivity contribution in [2.45, 2.75) is 57.8 Å². The van der Waals surface area contributed by atoms with Gasteiger partial charge in [-0.3, -0.25) is 14.5 Å². The number of nitrogens with zero attached hydrogens (tertiary/aromatic N) is 3. The topological polar surface area (TPSA) is 53.5 Å². The van der Waals surface area contributed by atoms with E-state index in [9.17, 15) is 9.59 Å². The van der Waals surface area contributed by atoms with Crippen molar-refractivity contribution < 1.29 is 9.59 Å². The van der Waals surface area contributed by atoms with Crippen LogP contribution in [-0.2, 0) is 16.0 Å². The maximum absolute atomic E-state index is 12.9. The zero-order valence-corrected chi connectivity index (χ0v) is 18.4. The summed E-state index contributed by atoms with van der Waals surface area (Å²) >= 11 is 1.53. The number of fused-ring (bicyclic) bond motifs is 1. The Kier molecular flexibility index (Phi) is 5.35. The largest absolute Gasteiger partial charge is 0.312 e. The molecule has 2 saturated carbocycles. The van der Waals surface area contributed by atoms with E-state index in [4.69, 9.17) is 4.98 Å². The molecule has 2 amide bonds. The molecule has 1 aliphatic heterocycles. The zero-order chi connectivity index (χ0) is 20.7. The van der Waals surface area contributed by atoms with Gasteiger partial charge in [0.15, 0.2) is 5.13 Å². The van der Waals surface area contributed by atoms with E-state index < -0.39 is 0 Å². The van der Waals surface area contributed by atoms with Crippen LogP contribution in [0.2, 0.25) is 0 Å². The second-order valence-electron chi connectivity index (χ2n) is 8.96. The molecule has 2 aliphatic carbocycles. The molecule has 5 nitrogen and oxygen atoms in total. The van der Waals surface area contributed by atoms with Crippen LogP contribution in [0.4, 0.5) is 10.8 Å². The molecule has 0 spiro atoms. The molecule has 6 heteroatoms. The summed E-state index contributed by atoms with van der Waals surface area (Å²) in [5.74, 6) is 0.890. The molecule has 30 heavy (non-hydrogen) atoms. The van der Waals surface area contributed by atoms with Crippen molar-refractivity contribution in [3.05, 3.63) is 29.1 Å². The number of anilines is 2. The van der Waals surface area contributed by atoms with E-state index in [2.05, 4.69) is 18.2 Å². The fraction of sp³-hybridized carbons (Fsp3) is 0.542. The summed E-state index contributed by atoms with van der Waals surface area (Å²) < 4.78 is 0. The molecule has 0 bridgehead atoms. The van der Waals surface area contributed by atoms with E-state index >= 15 is 0 Å². The summed E-state index contributed by atoms with van der Waals surface area (Å²) in [5, 5.41) is 2.81. The Bertz CT molecular complexity index is 959. The molecule has 2 fully saturated rings. The number of benzene rings is 1. The van der Waals surface area contributed by atoms with E-state index in [0.29, 0.717) is 5.91 Å². The zero-order valence-electron chi connectivity index (χ0n) is 17.6. The average Bonchev–Trinajstić information content (AvgIpc) is 3.53. The van der Waals surface area contributed by atoms with Gasteiger partial charge in [-0.05, 0) is 56.2 Å². The van der Waals surface area contributed by atoms with Crippen LogP contribution >= 0.6 is 11.3 Å². The summed E-state index contributed by atoms with van der Waals surface area (Å²) in [6.45, 7) is 0.830. The van der Waals surface area contributed by atoms with E-state index in [1.54, 1.807) is 4.90 Å². The predicted molar refractivity (Wildman–Crippen MR) is 121 cm³/mol. The first-order valence-corrected chi connectivity index (χ1v) is 12.2. The number of aromatic nitrogens is 1. The van der Waals surface area contributed by atoms with E-state index in [0.717, 1.165) is 80.0 Å². The molecule has 0 saturated heterocycles. The Labute approximate surface area is 182 Å². The molecule has 2 aromatic rings. The smallest absolute Gasteiger partial charge is 0.231 e. The fourth-order valence-corrected chi connectivity index (χ4v) is 5.61. The van der Waals surface area contributed by atoms with Gasteiger partial charge in [-0.15, -0.1) is 11.3 Å². The molecule has 2 heterocycles. The number of thiazole rings is 1. The third-order valence-corrected chi connectivity index (χ3v) is 7.67. The molecule has 1 aromatic heterocycles. The van der Waals surface area contributed by atoms with Crippen LogP contribution in [0.1, 0.15) is 56.9 Å². The van der Waals surface area contributed by atoms with Crippen LogP contribution in [0.15, 0.2) is 23.6 Å². The van der Waals surface area contributed by atoms with Crippen molar-refractivity contribution in [2.24, 2.45) is 11.8 Å². The second-order valence-corrected chi connectivity index (χ2v) is 9.80. The first kappa shape index (κ1) is 19.7. The monoisotopic (exact) mass is 423 g/mol. The highest BCUT2D eigenvalue weighted by atomic mass is 32.1. The summed E-state index contributed by atoms with van der Waals surface area (Å²) in [5.41, 5.74) is 4.28. The van der Waals surface area contributed by atoms with Gasteiger partial charge in [0.25, 0.3) is 0 Å². The maximum atomic E-state index is 12.9. The Balaban J connectivity index is 1.35. The van der Waals surface area contributed by atoms with Crippen LogP contribution < -0.4 is 9.80 Å². The lowest BCUT2D eigenvalue weighted by Crippen LogP contribution is -2.36. The first-order valence-electron chi connectivity index (χ1n) is 11.3. The summed E-state index contributed by atoms with van der Waals surface area (Å²) in [4.78, 5) is 34.0. The summed E-state index contributed by atoms with van der Waals surface area (Å²) in [6, 6.07) is 6.34. The number of rotatable bonds is 4. The van der Waals surface area contributed by atoms with Gasteiger partial charge in [-0.2, -0.15) is 0 Å². The minimum Gasteiger partial charge on any atom is -0.312 e. The van der Waals surface area contributed by atoms with Crippen molar-refractivity contribution >= 4 is 34.0 Å². The molecule has 5 rings (SSSR count). The molecule has 0 radical (unpaired) electrons. The van der Waals surface area contributed by atoms with Gasteiger partial charge >= 0.3 is 0 Å². The predicted octanol–water partition coefficient (Wildman–Crippen LogP) is 5.04. The highest BCUT2D eigenvalue weighted by Crippen LogP contribution is 2.38. The second kappa shape index (κ2) is 8.14. The van der Waals surface area contributed by atoms with E-state index in [1.165, 1.54) is 23.3 Å². The Morgan fingerprint density at radius 2 is 1.87 bits per heavy atom. The summed E-state index contributed by atoms with van der Waals surface area (Å²) in [7, 11) is 1.85. The van der Waals surface area contributed by atoms with Crippen molar-refractivity contribution in [1.82, 2.24) is 4.98 Å². The Morgan fingerprint density at radius 1 is 1.07 bits per heavy atom. The molecule has 0 N–H and O–H groups in total. The lowest BCUT2D eigenvalue weighted by molar-refractivity contribution is -0.123. The lowest BCUT2D eigenvalue weighted by atomic mass is 9.88. The minimum absolute atomic E-state index is 0.148. The molecule has 158 valence electrons. The van der Waals surface area contributed by atoms with Gasteiger partial charge in [0, 0.05) is 42.1 Å². The van der Waals surface area contributed by atoms with Crippen molar-refractivity contribution in [2.75, 3.05) is 23.4 Å². The van der Waals surface area contributed by atoms with Gasteiger partial charge in [-0.25, -0.2) is 4.98 Å². The SMILES string of the molecule is CN(C(=O)C1CCCCC1)c1nc(-c2ccc3c(c2)CCCN3C(=O)C2CC2)cs1. The molecule has 0 unspecified atom stereocenters. The maximum Gasteiger partial charge on any atom is 0.231 e. The normalized spacial score (nSPS) is 19.4.